The first-order chi connectivity index (χ1) is 5.77. The van der Waals surface area contributed by atoms with Crippen LogP contribution in [-0.2, 0) is 0 Å². The van der Waals surface area contributed by atoms with E-state index in [4.69, 9.17) is 11.1 Å². The fraction of sp³-hybridized carbons (Fsp3) is 0. The molecule has 60 valence electrons. The molecule has 0 fully saturated rings. The van der Waals surface area contributed by atoms with Crippen molar-refractivity contribution in [2.45, 2.75) is 0 Å². The van der Waals surface area contributed by atoms with Crippen LogP contribution in [0.25, 0.3) is 11.2 Å². The summed E-state index contributed by atoms with van der Waals surface area (Å²) < 4.78 is 0. The second-order valence-corrected chi connectivity index (χ2v) is 2.30. The van der Waals surface area contributed by atoms with Crippen LogP contribution >= 0.6 is 0 Å². The summed E-state index contributed by atoms with van der Waals surface area (Å²) in [6.07, 6.45) is 1.49. The zero-order valence-electron chi connectivity index (χ0n) is 6.07. The Bertz CT molecular complexity index is 430. The molecule has 0 bridgehead atoms. The van der Waals surface area contributed by atoms with Gasteiger partial charge < -0.3 is 5.73 Å². The number of fused-ring (bicyclic) bond motifs is 1. The molecule has 0 aliphatic heterocycles. The summed E-state index contributed by atoms with van der Waals surface area (Å²) in [5.41, 5.74) is 6.95. The number of nitrogens with two attached hydrogens (primary N) is 1. The molecule has 0 aromatic carbocycles. The third-order valence-corrected chi connectivity index (χ3v) is 1.48. The largest absolute Gasteiger partial charge is 0.384 e. The molecule has 0 unspecified atom stereocenters. The van der Waals surface area contributed by atoms with Gasteiger partial charge in [0.15, 0.2) is 0 Å². The molecule has 6 nitrogen and oxygen atoms in total. The Morgan fingerprint density at radius 1 is 1.50 bits per heavy atom. The lowest BCUT2D eigenvalue weighted by atomic mass is 10.2. The van der Waals surface area contributed by atoms with E-state index < -0.39 is 0 Å². The van der Waals surface area contributed by atoms with E-state index >= 15 is 0 Å². The number of amidine groups is 1. The number of nitrogens with zero attached hydrogens (tertiary/aromatic N) is 3. The number of nitrogen functional groups attached to an aromatic ring is 1. The van der Waals surface area contributed by atoms with Crippen molar-refractivity contribution in [3.63, 3.8) is 0 Å². The van der Waals surface area contributed by atoms with E-state index in [9.17, 15) is 0 Å². The number of hydrogen-bond acceptors (Lipinski definition) is 4. The van der Waals surface area contributed by atoms with Crippen LogP contribution in [0.15, 0.2) is 12.3 Å². The predicted molar refractivity (Wildman–Crippen MR) is 42.7 cm³/mol. The zero-order chi connectivity index (χ0) is 8.55. The molecule has 2 rings (SSSR count). The standard InChI is InChI=1S/C6H6N6/c7-5(8)3-1-4-6(9-2-3)11-12-10-4/h1-2H,(H3,7,8)(H,9,10,11,12). The van der Waals surface area contributed by atoms with Gasteiger partial charge in [-0.15, -0.1) is 5.10 Å². The van der Waals surface area contributed by atoms with Gasteiger partial charge in [-0.05, 0) is 6.07 Å². The maximum atomic E-state index is 7.14. The number of H-pyrrole nitrogens is 1. The molecular formula is C6H6N6. The average molecular weight is 162 g/mol. The monoisotopic (exact) mass is 162 g/mol. The molecule has 0 amide bonds. The third-order valence-electron chi connectivity index (χ3n) is 1.48. The smallest absolute Gasteiger partial charge is 0.201 e. The maximum Gasteiger partial charge on any atom is 0.201 e. The molecular weight excluding hydrogens is 156 g/mol. The van der Waals surface area contributed by atoms with Crippen LogP contribution in [0, 0.1) is 5.41 Å². The van der Waals surface area contributed by atoms with Crippen molar-refractivity contribution in [2.24, 2.45) is 5.73 Å². The molecule has 0 aliphatic carbocycles. The first-order valence-corrected chi connectivity index (χ1v) is 3.28. The van der Waals surface area contributed by atoms with Gasteiger partial charge in [0.2, 0.25) is 5.65 Å². The van der Waals surface area contributed by atoms with Crippen molar-refractivity contribution in [1.29, 1.82) is 5.41 Å². The minimum absolute atomic E-state index is 0.0209. The fourth-order valence-electron chi connectivity index (χ4n) is 0.888. The van der Waals surface area contributed by atoms with Gasteiger partial charge in [0, 0.05) is 11.8 Å². The molecule has 6 heteroatoms. The number of aromatic amines is 1. The molecule has 12 heavy (non-hydrogen) atoms. The molecule has 0 radical (unpaired) electrons. The summed E-state index contributed by atoms with van der Waals surface area (Å²) in [6, 6.07) is 1.66. The van der Waals surface area contributed by atoms with E-state index in [1.165, 1.54) is 6.20 Å². The van der Waals surface area contributed by atoms with Gasteiger partial charge in [-0.25, -0.2) is 4.98 Å². The molecule has 0 aliphatic rings. The van der Waals surface area contributed by atoms with Crippen LogP contribution in [-0.4, -0.2) is 26.2 Å². The highest BCUT2D eigenvalue weighted by Crippen LogP contribution is 2.05. The average Bonchev–Trinajstić information content (AvgIpc) is 2.49. The number of hydrogen-bond donors (Lipinski definition) is 3. The predicted octanol–water partition coefficient (Wildman–Crippen LogP) is -0.363. The number of nitrogens with one attached hydrogen (secondary N) is 2. The van der Waals surface area contributed by atoms with Gasteiger partial charge in [-0.3, -0.25) is 5.41 Å². The molecule has 4 N–H and O–H groups in total. The van der Waals surface area contributed by atoms with E-state index in [-0.39, 0.29) is 5.84 Å². The van der Waals surface area contributed by atoms with Crippen LogP contribution in [0.5, 0.6) is 0 Å². The Balaban J connectivity index is 2.68. The molecule has 0 saturated heterocycles. The van der Waals surface area contributed by atoms with Gasteiger partial charge in [-0.2, -0.15) is 10.3 Å². The highest BCUT2D eigenvalue weighted by Gasteiger charge is 2.02. The van der Waals surface area contributed by atoms with E-state index in [0.29, 0.717) is 16.7 Å². The second-order valence-electron chi connectivity index (χ2n) is 2.30. The van der Waals surface area contributed by atoms with E-state index in [0.717, 1.165) is 0 Å². The van der Waals surface area contributed by atoms with Crippen LogP contribution in [0.4, 0.5) is 0 Å². The number of rotatable bonds is 1. The summed E-state index contributed by atoms with van der Waals surface area (Å²) in [6.45, 7) is 0. The maximum absolute atomic E-state index is 7.14. The van der Waals surface area contributed by atoms with Gasteiger partial charge in [0.05, 0.1) is 0 Å². The Kier molecular flexibility index (Phi) is 1.26. The van der Waals surface area contributed by atoms with Crippen LogP contribution in [0.2, 0.25) is 0 Å². The highest BCUT2D eigenvalue weighted by molar-refractivity contribution is 5.96. The van der Waals surface area contributed by atoms with Gasteiger partial charge >= 0.3 is 0 Å². The van der Waals surface area contributed by atoms with E-state index in [1.807, 2.05) is 0 Å². The minimum atomic E-state index is -0.0209. The second kappa shape index (κ2) is 2.26. The minimum Gasteiger partial charge on any atom is -0.384 e. The summed E-state index contributed by atoms with van der Waals surface area (Å²) >= 11 is 0. The topological polar surface area (TPSA) is 104 Å². The summed E-state index contributed by atoms with van der Waals surface area (Å²) in [5, 5.41) is 17.1. The number of aromatic nitrogens is 4. The van der Waals surface area contributed by atoms with Gasteiger partial charge in [-0.1, -0.05) is 0 Å². The Hall–Kier alpha value is -1.98. The van der Waals surface area contributed by atoms with Crippen LogP contribution in [0.1, 0.15) is 5.56 Å². The first kappa shape index (κ1) is 6.71. The summed E-state index contributed by atoms with van der Waals surface area (Å²) in [7, 11) is 0. The van der Waals surface area contributed by atoms with Crippen LogP contribution < -0.4 is 5.73 Å². The van der Waals surface area contributed by atoms with Crippen molar-refractivity contribution in [2.75, 3.05) is 0 Å². The van der Waals surface area contributed by atoms with Crippen molar-refractivity contribution < 1.29 is 0 Å². The van der Waals surface area contributed by atoms with Crippen molar-refractivity contribution >= 4 is 17.0 Å². The molecule has 2 aromatic heterocycles. The van der Waals surface area contributed by atoms with Gasteiger partial charge in [0.25, 0.3) is 0 Å². The van der Waals surface area contributed by atoms with Crippen molar-refractivity contribution in [3.05, 3.63) is 17.8 Å². The Labute approximate surface area is 67.3 Å². The molecule has 0 saturated carbocycles. The molecule has 2 aromatic rings. The lowest BCUT2D eigenvalue weighted by molar-refractivity contribution is 0.954. The first-order valence-electron chi connectivity index (χ1n) is 3.28. The van der Waals surface area contributed by atoms with E-state index in [2.05, 4.69) is 20.4 Å². The Morgan fingerprint density at radius 2 is 2.33 bits per heavy atom. The van der Waals surface area contributed by atoms with Gasteiger partial charge in [0.1, 0.15) is 11.4 Å². The molecule has 2 heterocycles. The SMILES string of the molecule is N=C(N)c1cnc2n[nH]nc2c1. The summed E-state index contributed by atoms with van der Waals surface area (Å²) in [4.78, 5) is 3.94. The molecule has 0 spiro atoms. The lowest BCUT2D eigenvalue weighted by Gasteiger charge is -1.94. The number of pyridine rings is 1. The van der Waals surface area contributed by atoms with Crippen molar-refractivity contribution in [3.8, 4) is 0 Å². The van der Waals surface area contributed by atoms with Crippen LogP contribution in [0.3, 0.4) is 0 Å². The Morgan fingerprint density at radius 3 is 3.08 bits per heavy atom. The quantitative estimate of drug-likeness (QED) is 0.393. The summed E-state index contributed by atoms with van der Waals surface area (Å²) in [5.74, 6) is -0.0209. The normalized spacial score (nSPS) is 10.3. The lowest BCUT2D eigenvalue weighted by Crippen LogP contribution is -2.11. The fourth-order valence-corrected chi connectivity index (χ4v) is 0.888. The van der Waals surface area contributed by atoms with E-state index in [1.54, 1.807) is 6.07 Å². The highest BCUT2D eigenvalue weighted by atomic mass is 15.3. The zero-order valence-corrected chi connectivity index (χ0v) is 6.07. The molecule has 0 atom stereocenters. The third kappa shape index (κ3) is 0.895. The van der Waals surface area contributed by atoms with Crippen molar-refractivity contribution in [1.82, 2.24) is 20.4 Å².